The maximum absolute atomic E-state index is 13.3. The molecule has 3 aromatic carbocycles. The van der Waals surface area contributed by atoms with Crippen LogP contribution in [0.3, 0.4) is 0 Å². The lowest BCUT2D eigenvalue weighted by Crippen LogP contribution is -2.45. The average molecular weight is 499 g/mol. The lowest BCUT2D eigenvalue weighted by atomic mass is 9.94. The molecule has 8 heteroatoms. The predicted molar refractivity (Wildman–Crippen MR) is 140 cm³/mol. The summed E-state index contributed by atoms with van der Waals surface area (Å²) in [6.07, 6.45) is 2.04. The number of hydrogen-bond donors (Lipinski definition) is 1. The molecule has 2 amide bonds. The van der Waals surface area contributed by atoms with Crippen LogP contribution in [-0.4, -0.2) is 34.4 Å². The third-order valence-electron chi connectivity index (χ3n) is 6.21. The normalized spacial score (nSPS) is 15.7. The van der Waals surface area contributed by atoms with Crippen LogP contribution in [0.15, 0.2) is 94.0 Å². The molecule has 0 bridgehead atoms. The van der Waals surface area contributed by atoms with Crippen LogP contribution in [-0.2, 0) is 6.54 Å². The summed E-state index contributed by atoms with van der Waals surface area (Å²) in [6.45, 7) is 2.35. The number of urea groups is 1. The highest BCUT2D eigenvalue weighted by molar-refractivity contribution is 7.98. The minimum absolute atomic E-state index is 0.174. The van der Waals surface area contributed by atoms with E-state index in [4.69, 9.17) is 14.2 Å². The molecule has 36 heavy (non-hydrogen) atoms. The summed E-state index contributed by atoms with van der Waals surface area (Å²) in [5.41, 5.74) is 4.28. The molecule has 0 spiro atoms. The van der Waals surface area contributed by atoms with Crippen molar-refractivity contribution in [2.24, 2.45) is 0 Å². The van der Waals surface area contributed by atoms with Gasteiger partial charge in [-0.1, -0.05) is 59.8 Å². The van der Waals surface area contributed by atoms with Crippen LogP contribution in [0.1, 0.15) is 30.0 Å². The fraction of sp³-hybridized carbons (Fsp3) is 0.179. The van der Waals surface area contributed by atoms with Crippen molar-refractivity contribution < 1.29 is 14.1 Å². The number of allylic oxidation sites excluding steroid dienone is 1. The summed E-state index contributed by atoms with van der Waals surface area (Å²) in [5.74, 6) is 1.52. The second kappa shape index (κ2) is 10.3. The minimum atomic E-state index is -0.424. The number of nitrogens with zero attached hydrogens (tertiary/aromatic N) is 3. The molecule has 0 radical (unpaired) electrons. The Kier molecular flexibility index (Phi) is 6.77. The van der Waals surface area contributed by atoms with Gasteiger partial charge in [-0.15, -0.1) is 11.8 Å². The smallest absolute Gasteiger partial charge is 0.322 e. The van der Waals surface area contributed by atoms with Crippen molar-refractivity contribution in [3.8, 4) is 17.1 Å². The Morgan fingerprint density at radius 3 is 2.56 bits per heavy atom. The van der Waals surface area contributed by atoms with Crippen LogP contribution in [0.2, 0.25) is 0 Å². The van der Waals surface area contributed by atoms with Gasteiger partial charge in [0.25, 0.3) is 5.89 Å². The molecule has 1 unspecified atom stereocenters. The lowest BCUT2D eigenvalue weighted by Gasteiger charge is -2.35. The summed E-state index contributed by atoms with van der Waals surface area (Å²) in [4.78, 5) is 20.9. The molecule has 0 saturated heterocycles. The van der Waals surface area contributed by atoms with Crippen molar-refractivity contribution in [3.05, 3.63) is 102 Å². The first-order valence-electron chi connectivity index (χ1n) is 11.5. The van der Waals surface area contributed by atoms with Gasteiger partial charge in [0, 0.05) is 16.2 Å². The molecule has 2 heterocycles. The fourth-order valence-corrected chi connectivity index (χ4v) is 4.68. The number of benzene rings is 3. The molecule has 182 valence electrons. The summed E-state index contributed by atoms with van der Waals surface area (Å²) in [5, 5.41) is 7.39. The fourth-order valence-electron chi connectivity index (χ4n) is 4.27. The van der Waals surface area contributed by atoms with E-state index in [1.165, 1.54) is 4.90 Å². The number of nitrogens with one attached hydrogen (secondary N) is 1. The van der Waals surface area contributed by atoms with Crippen molar-refractivity contribution in [3.63, 3.8) is 0 Å². The molecular weight excluding hydrogens is 472 g/mol. The summed E-state index contributed by atoms with van der Waals surface area (Å²) in [7, 11) is 1.62. The van der Waals surface area contributed by atoms with Gasteiger partial charge in [-0.3, -0.25) is 4.90 Å². The van der Waals surface area contributed by atoms with E-state index < -0.39 is 6.04 Å². The van der Waals surface area contributed by atoms with Crippen LogP contribution >= 0.6 is 11.8 Å². The average Bonchev–Trinajstić information content (AvgIpc) is 3.41. The number of carbonyl (C=O) groups is 1. The standard InChI is InChI=1S/C28H26N4O3S/c1-18-24(27-30-26(31-35-27)21-10-7-11-22(16-21)34-2)25(20-8-5-4-6-9-20)29-28(33)32(18)17-19-12-14-23(36-3)15-13-19/h4-16,25H,17H2,1-3H3,(H,29,33). The molecule has 0 fully saturated rings. The van der Waals surface area contributed by atoms with Crippen molar-refractivity contribution in [2.75, 3.05) is 13.4 Å². The Balaban J connectivity index is 1.56. The zero-order valence-corrected chi connectivity index (χ0v) is 21.1. The number of aromatic nitrogens is 2. The van der Waals surface area contributed by atoms with E-state index in [2.05, 4.69) is 22.6 Å². The Morgan fingerprint density at radius 2 is 1.83 bits per heavy atom. The van der Waals surface area contributed by atoms with Crippen LogP contribution in [0.4, 0.5) is 4.79 Å². The van der Waals surface area contributed by atoms with Crippen molar-refractivity contribution >= 4 is 23.4 Å². The minimum Gasteiger partial charge on any atom is -0.497 e. The Morgan fingerprint density at radius 1 is 1.06 bits per heavy atom. The molecule has 5 rings (SSSR count). The second-order valence-electron chi connectivity index (χ2n) is 8.38. The van der Waals surface area contributed by atoms with Crippen molar-refractivity contribution in [1.29, 1.82) is 0 Å². The predicted octanol–water partition coefficient (Wildman–Crippen LogP) is 6.16. The number of rotatable bonds is 7. The van der Waals surface area contributed by atoms with E-state index in [-0.39, 0.29) is 6.03 Å². The zero-order valence-electron chi connectivity index (χ0n) is 20.3. The number of amides is 2. The highest BCUT2D eigenvalue weighted by Crippen LogP contribution is 2.38. The molecule has 0 saturated carbocycles. The van der Waals surface area contributed by atoms with E-state index in [0.717, 1.165) is 28.0 Å². The number of ether oxygens (including phenoxy) is 1. The van der Waals surface area contributed by atoms with Gasteiger partial charge >= 0.3 is 6.03 Å². The molecule has 1 aliphatic rings. The van der Waals surface area contributed by atoms with Crippen molar-refractivity contribution in [1.82, 2.24) is 20.4 Å². The lowest BCUT2D eigenvalue weighted by molar-refractivity contribution is 0.203. The Labute approximate surface area is 214 Å². The molecule has 7 nitrogen and oxygen atoms in total. The van der Waals surface area contributed by atoms with Crippen LogP contribution in [0, 0.1) is 0 Å². The van der Waals surface area contributed by atoms with Gasteiger partial charge < -0.3 is 14.6 Å². The first kappa shape index (κ1) is 23.7. The third-order valence-corrected chi connectivity index (χ3v) is 6.96. The SMILES string of the molecule is COc1cccc(-c2noc(C3=C(C)N(Cc4ccc(SC)cc4)C(=O)NC3c3ccccc3)n2)c1. The van der Waals surface area contributed by atoms with Gasteiger partial charge in [0.15, 0.2) is 0 Å². The second-order valence-corrected chi connectivity index (χ2v) is 9.26. The first-order valence-corrected chi connectivity index (χ1v) is 12.7. The van der Waals surface area contributed by atoms with Crippen molar-refractivity contribution in [2.45, 2.75) is 24.4 Å². The number of hydrogen-bond acceptors (Lipinski definition) is 6. The van der Waals surface area contributed by atoms with E-state index in [0.29, 0.717) is 24.0 Å². The van der Waals surface area contributed by atoms with E-state index >= 15 is 0 Å². The number of thioether (sulfide) groups is 1. The number of carbonyl (C=O) groups excluding carboxylic acids is 1. The van der Waals surface area contributed by atoms with Gasteiger partial charge in [0.1, 0.15) is 5.75 Å². The molecule has 1 aromatic heterocycles. The largest absolute Gasteiger partial charge is 0.497 e. The molecular formula is C28H26N4O3S. The zero-order chi connectivity index (χ0) is 25.1. The van der Waals surface area contributed by atoms with Crippen LogP contribution in [0.25, 0.3) is 17.0 Å². The maximum atomic E-state index is 13.3. The topological polar surface area (TPSA) is 80.5 Å². The van der Waals surface area contributed by atoms with Gasteiger partial charge in [0.05, 0.1) is 25.3 Å². The molecule has 0 aliphatic carbocycles. The van der Waals surface area contributed by atoms with Crippen LogP contribution in [0.5, 0.6) is 5.75 Å². The van der Waals surface area contributed by atoms with E-state index in [1.54, 1.807) is 23.8 Å². The monoisotopic (exact) mass is 498 g/mol. The molecule has 1 aliphatic heterocycles. The van der Waals surface area contributed by atoms with Gasteiger partial charge in [0.2, 0.25) is 5.82 Å². The Hall–Kier alpha value is -4.04. The first-order chi connectivity index (χ1) is 17.6. The molecule has 4 aromatic rings. The summed E-state index contributed by atoms with van der Waals surface area (Å²) in [6, 6.07) is 24.9. The van der Waals surface area contributed by atoms with Gasteiger partial charge in [-0.05, 0) is 48.6 Å². The third kappa shape index (κ3) is 4.72. The van der Waals surface area contributed by atoms with Crippen LogP contribution < -0.4 is 10.1 Å². The summed E-state index contributed by atoms with van der Waals surface area (Å²) >= 11 is 1.69. The van der Waals surface area contributed by atoms with Gasteiger partial charge in [-0.2, -0.15) is 4.98 Å². The highest BCUT2D eigenvalue weighted by Gasteiger charge is 2.35. The Bertz CT molecular complexity index is 1400. The number of methoxy groups -OCH3 is 1. The quantitative estimate of drug-likeness (QED) is 0.307. The van der Waals surface area contributed by atoms with E-state index in [1.807, 2.05) is 79.9 Å². The summed E-state index contributed by atoms with van der Waals surface area (Å²) < 4.78 is 11.1. The molecule has 1 atom stereocenters. The van der Waals surface area contributed by atoms with E-state index in [9.17, 15) is 4.79 Å². The molecule has 1 N–H and O–H groups in total. The highest BCUT2D eigenvalue weighted by atomic mass is 32.2. The van der Waals surface area contributed by atoms with Gasteiger partial charge in [-0.25, -0.2) is 4.79 Å². The maximum Gasteiger partial charge on any atom is 0.322 e.